The van der Waals surface area contributed by atoms with Crippen molar-refractivity contribution in [3.8, 4) is 0 Å². The molecule has 0 aromatic carbocycles. The topological polar surface area (TPSA) is 118 Å². The van der Waals surface area contributed by atoms with Gasteiger partial charge in [-0.05, 0) is 31.2 Å². The second kappa shape index (κ2) is 32.9. The fourth-order valence-electron chi connectivity index (χ4n) is 5.27. The number of allylic oxidation sites excluding steroid dienone is 1. The predicted octanol–water partition coefficient (Wildman–Crippen LogP) is 9.85. The number of hydrogen-bond acceptors (Lipinski definition) is 4. The fraction of sp³-hybridized carbons (Fsp3) is 0.912. The summed E-state index contributed by atoms with van der Waals surface area (Å²) in [5.74, 6) is -0.0837. The first-order valence-corrected chi connectivity index (χ1v) is 17.4. The Bertz CT molecular complexity index is 637. The molecule has 0 aliphatic heterocycles. The minimum absolute atomic E-state index is 0.0837. The lowest BCUT2D eigenvalue weighted by Crippen LogP contribution is -2.45. The standard InChI is InChI=1S/C34H66N4O3/c1-2-3-4-5-6-7-8-10-13-16-19-22-25-28-33(40)32(31-39)37-34(41)29-26-23-20-17-14-11-9-12-15-18-21-24-27-30-36-38-35/h25,28,32-33,39-40H,2-24,26-27,29-31H2,1H3,(H,37,41)/b28-25+/t32-,33+/m0/s1. The van der Waals surface area contributed by atoms with Crippen molar-refractivity contribution in [3.05, 3.63) is 22.6 Å². The molecule has 0 rings (SSSR count). The Morgan fingerprint density at radius 2 is 1.17 bits per heavy atom. The molecule has 0 fully saturated rings. The maximum Gasteiger partial charge on any atom is 0.220 e. The molecular formula is C34H66N4O3. The number of azide groups is 1. The van der Waals surface area contributed by atoms with Crippen molar-refractivity contribution in [1.29, 1.82) is 0 Å². The molecular weight excluding hydrogens is 512 g/mol. The lowest BCUT2D eigenvalue weighted by Gasteiger charge is -2.20. The van der Waals surface area contributed by atoms with E-state index in [1.54, 1.807) is 6.08 Å². The SMILES string of the molecule is CCCCCCCCCCCCC/C=C/[C@@H](O)[C@H](CO)NC(=O)CCCCCCCCCCCCCCCN=[N+]=[N-]. The lowest BCUT2D eigenvalue weighted by atomic mass is 10.0. The van der Waals surface area contributed by atoms with Gasteiger partial charge in [0.25, 0.3) is 0 Å². The maximum atomic E-state index is 12.3. The maximum absolute atomic E-state index is 12.3. The third-order valence-corrected chi connectivity index (χ3v) is 7.99. The fourth-order valence-corrected chi connectivity index (χ4v) is 5.27. The van der Waals surface area contributed by atoms with E-state index in [1.807, 2.05) is 6.08 Å². The number of nitrogens with zero attached hydrogens (tertiary/aromatic N) is 3. The van der Waals surface area contributed by atoms with E-state index in [4.69, 9.17) is 5.53 Å². The van der Waals surface area contributed by atoms with Crippen LogP contribution in [0, 0.1) is 0 Å². The normalized spacial score (nSPS) is 12.9. The van der Waals surface area contributed by atoms with E-state index in [0.717, 1.165) is 44.9 Å². The van der Waals surface area contributed by atoms with Gasteiger partial charge in [0.2, 0.25) is 5.91 Å². The quantitative estimate of drug-likeness (QED) is 0.0242. The summed E-state index contributed by atoms with van der Waals surface area (Å²) in [6, 6.07) is -0.631. The highest BCUT2D eigenvalue weighted by Crippen LogP contribution is 2.14. The number of aliphatic hydroxyl groups excluding tert-OH is 2. The Morgan fingerprint density at radius 3 is 1.63 bits per heavy atom. The summed E-state index contributed by atoms with van der Waals surface area (Å²) >= 11 is 0. The Labute approximate surface area is 253 Å². The highest BCUT2D eigenvalue weighted by molar-refractivity contribution is 5.76. The van der Waals surface area contributed by atoms with E-state index < -0.39 is 12.1 Å². The molecule has 240 valence electrons. The van der Waals surface area contributed by atoms with Crippen molar-refractivity contribution in [1.82, 2.24) is 5.32 Å². The van der Waals surface area contributed by atoms with Gasteiger partial charge in [-0.1, -0.05) is 159 Å². The van der Waals surface area contributed by atoms with Crippen LogP contribution in [0.2, 0.25) is 0 Å². The Kier molecular flexibility index (Phi) is 31.7. The van der Waals surface area contributed by atoms with Gasteiger partial charge in [-0.3, -0.25) is 4.79 Å². The van der Waals surface area contributed by atoms with Crippen LogP contribution in [0.1, 0.15) is 174 Å². The molecule has 7 heteroatoms. The molecule has 0 aliphatic carbocycles. The zero-order valence-electron chi connectivity index (χ0n) is 26.8. The summed E-state index contributed by atoms with van der Waals surface area (Å²) < 4.78 is 0. The molecule has 0 aromatic rings. The number of rotatable bonds is 32. The number of hydrogen-bond donors (Lipinski definition) is 3. The Balaban J connectivity index is 3.60. The van der Waals surface area contributed by atoms with Crippen molar-refractivity contribution < 1.29 is 15.0 Å². The second-order valence-corrected chi connectivity index (χ2v) is 11.9. The van der Waals surface area contributed by atoms with Crippen LogP contribution in [0.25, 0.3) is 10.4 Å². The Morgan fingerprint density at radius 1 is 0.732 bits per heavy atom. The molecule has 0 saturated carbocycles. The summed E-state index contributed by atoms with van der Waals surface area (Å²) in [5, 5.41) is 26.4. The first-order valence-electron chi connectivity index (χ1n) is 17.4. The van der Waals surface area contributed by atoms with Crippen LogP contribution in [0.15, 0.2) is 17.3 Å². The average Bonchev–Trinajstić information content (AvgIpc) is 2.97. The van der Waals surface area contributed by atoms with Crippen LogP contribution in [-0.4, -0.2) is 41.4 Å². The largest absolute Gasteiger partial charge is 0.394 e. The van der Waals surface area contributed by atoms with Gasteiger partial charge in [-0.15, -0.1) is 0 Å². The lowest BCUT2D eigenvalue weighted by molar-refractivity contribution is -0.123. The van der Waals surface area contributed by atoms with Crippen molar-refractivity contribution in [2.75, 3.05) is 13.2 Å². The molecule has 0 unspecified atom stereocenters. The molecule has 3 N–H and O–H groups in total. The van der Waals surface area contributed by atoms with Crippen LogP contribution in [-0.2, 0) is 4.79 Å². The molecule has 0 bridgehead atoms. The van der Waals surface area contributed by atoms with Gasteiger partial charge in [0, 0.05) is 17.9 Å². The summed E-state index contributed by atoms with van der Waals surface area (Å²) in [4.78, 5) is 15.1. The summed E-state index contributed by atoms with van der Waals surface area (Å²) in [6.07, 6.45) is 34.2. The molecule has 2 atom stereocenters. The number of nitrogens with one attached hydrogen (secondary N) is 1. The predicted molar refractivity (Wildman–Crippen MR) is 174 cm³/mol. The van der Waals surface area contributed by atoms with Gasteiger partial charge in [-0.25, -0.2) is 0 Å². The third-order valence-electron chi connectivity index (χ3n) is 7.99. The molecule has 0 heterocycles. The molecule has 7 nitrogen and oxygen atoms in total. The number of unbranched alkanes of at least 4 members (excludes halogenated alkanes) is 23. The summed E-state index contributed by atoms with van der Waals surface area (Å²) in [6.45, 7) is 2.63. The zero-order chi connectivity index (χ0) is 30.1. The van der Waals surface area contributed by atoms with E-state index in [1.165, 1.54) is 116 Å². The van der Waals surface area contributed by atoms with Gasteiger partial charge in [-0.2, -0.15) is 0 Å². The monoisotopic (exact) mass is 579 g/mol. The van der Waals surface area contributed by atoms with E-state index in [0.29, 0.717) is 13.0 Å². The summed E-state index contributed by atoms with van der Waals surface area (Å²) in [7, 11) is 0. The van der Waals surface area contributed by atoms with Gasteiger partial charge < -0.3 is 15.5 Å². The van der Waals surface area contributed by atoms with E-state index in [-0.39, 0.29) is 12.5 Å². The van der Waals surface area contributed by atoms with Crippen molar-refractivity contribution in [2.45, 2.75) is 186 Å². The molecule has 0 aromatic heterocycles. The van der Waals surface area contributed by atoms with Crippen molar-refractivity contribution in [2.24, 2.45) is 5.11 Å². The summed E-state index contributed by atoms with van der Waals surface area (Å²) in [5.41, 5.74) is 8.24. The Hall–Kier alpha value is -1.56. The van der Waals surface area contributed by atoms with Gasteiger partial charge in [0.15, 0.2) is 0 Å². The van der Waals surface area contributed by atoms with Crippen molar-refractivity contribution in [3.63, 3.8) is 0 Å². The molecule has 0 aliphatic rings. The number of carbonyl (C=O) groups excluding carboxylic acids is 1. The minimum Gasteiger partial charge on any atom is -0.394 e. The van der Waals surface area contributed by atoms with Crippen molar-refractivity contribution >= 4 is 5.91 Å². The highest BCUT2D eigenvalue weighted by atomic mass is 16.3. The highest BCUT2D eigenvalue weighted by Gasteiger charge is 2.17. The molecule has 0 radical (unpaired) electrons. The van der Waals surface area contributed by atoms with Gasteiger partial charge in [0.05, 0.1) is 18.8 Å². The van der Waals surface area contributed by atoms with Gasteiger partial charge in [0.1, 0.15) is 0 Å². The third kappa shape index (κ3) is 29.7. The van der Waals surface area contributed by atoms with E-state index in [2.05, 4.69) is 22.3 Å². The van der Waals surface area contributed by atoms with Crippen LogP contribution < -0.4 is 5.32 Å². The number of amides is 1. The smallest absolute Gasteiger partial charge is 0.220 e. The van der Waals surface area contributed by atoms with Crippen LogP contribution in [0.3, 0.4) is 0 Å². The number of aliphatic hydroxyl groups is 2. The zero-order valence-corrected chi connectivity index (χ0v) is 26.8. The van der Waals surface area contributed by atoms with Crippen LogP contribution in [0.5, 0.6) is 0 Å². The average molecular weight is 579 g/mol. The van der Waals surface area contributed by atoms with Gasteiger partial charge >= 0.3 is 0 Å². The number of carbonyl (C=O) groups is 1. The van der Waals surface area contributed by atoms with Crippen LogP contribution in [0.4, 0.5) is 0 Å². The molecule has 1 amide bonds. The first kappa shape index (κ1) is 39.4. The molecule has 0 spiro atoms. The minimum atomic E-state index is -0.846. The molecule has 0 saturated heterocycles. The van der Waals surface area contributed by atoms with E-state index >= 15 is 0 Å². The molecule has 41 heavy (non-hydrogen) atoms. The first-order chi connectivity index (χ1) is 20.2. The second-order valence-electron chi connectivity index (χ2n) is 11.9. The van der Waals surface area contributed by atoms with Crippen LogP contribution >= 0.6 is 0 Å². The van der Waals surface area contributed by atoms with E-state index in [9.17, 15) is 15.0 Å².